The Kier molecular flexibility index (Phi) is 13.7. The first-order valence-electron chi connectivity index (χ1n) is 12.9. The van der Waals surface area contributed by atoms with Gasteiger partial charge in [-0.3, -0.25) is 0 Å². The molecule has 192 valence electrons. The smallest absolute Gasteiger partial charge is 0.333 e. The maximum atomic E-state index is 11.3. The lowest BCUT2D eigenvalue weighted by molar-refractivity contribution is -0.150. The zero-order valence-corrected chi connectivity index (χ0v) is 21.3. The normalized spacial score (nSPS) is 14.3. The number of unbranched alkanes of at least 4 members (excludes halogenated alkanes) is 6. The summed E-state index contributed by atoms with van der Waals surface area (Å²) in [6, 6.07) is 7.85. The lowest BCUT2D eigenvalue weighted by Crippen LogP contribution is -2.45. The average molecular weight is 477 g/mol. The molecule has 1 aliphatic heterocycles. The lowest BCUT2D eigenvalue weighted by Gasteiger charge is -2.40. The molecule has 0 aromatic heterocycles. The molecular weight excluding hydrogens is 432 g/mol. The summed E-state index contributed by atoms with van der Waals surface area (Å²) in [4.78, 5) is 11.3. The second-order valence-corrected chi connectivity index (χ2v) is 9.31. The summed E-state index contributed by atoms with van der Waals surface area (Å²) in [6.45, 7) is 12.7. The molecule has 1 aliphatic rings. The van der Waals surface area contributed by atoms with Gasteiger partial charge in [0, 0.05) is 17.6 Å². The second-order valence-electron chi connectivity index (χ2n) is 9.31. The van der Waals surface area contributed by atoms with Crippen molar-refractivity contribution in [2.45, 2.75) is 71.6 Å². The van der Waals surface area contributed by atoms with Crippen LogP contribution in [-0.2, 0) is 19.0 Å². The highest BCUT2D eigenvalue weighted by molar-refractivity contribution is 5.86. The van der Waals surface area contributed by atoms with E-state index in [0.29, 0.717) is 24.2 Å². The Balaban J connectivity index is 1.39. The number of esters is 1. The quantitative estimate of drug-likeness (QED) is 0.128. The lowest BCUT2D eigenvalue weighted by atomic mass is 9.84. The van der Waals surface area contributed by atoms with Gasteiger partial charge in [-0.1, -0.05) is 19.9 Å². The highest BCUT2D eigenvalue weighted by atomic mass is 16.5. The summed E-state index contributed by atoms with van der Waals surface area (Å²) in [7, 11) is 0. The van der Waals surface area contributed by atoms with Crippen LogP contribution in [0.2, 0.25) is 0 Å². The van der Waals surface area contributed by atoms with Gasteiger partial charge in [0.05, 0.1) is 39.6 Å². The van der Waals surface area contributed by atoms with Crippen LogP contribution < -0.4 is 9.47 Å². The van der Waals surface area contributed by atoms with Gasteiger partial charge in [0.25, 0.3) is 0 Å². The largest absolute Gasteiger partial charge is 0.494 e. The standard InChI is InChI=1S/C28H44O6/c1-4-28(22-31-23-28)21-30-17-9-5-6-10-18-32-25-13-15-26(16-14-25)33-19-11-7-8-12-20-34-27(29)24(2)3/h13-16H,2,4-12,17-23H2,1,3H3. The summed E-state index contributed by atoms with van der Waals surface area (Å²) >= 11 is 0. The van der Waals surface area contributed by atoms with Crippen molar-refractivity contribution in [3.8, 4) is 11.5 Å². The van der Waals surface area contributed by atoms with Crippen LogP contribution in [-0.4, -0.2) is 52.2 Å². The van der Waals surface area contributed by atoms with E-state index in [1.807, 2.05) is 24.3 Å². The Morgan fingerprint density at radius 2 is 1.35 bits per heavy atom. The molecule has 0 unspecified atom stereocenters. The van der Waals surface area contributed by atoms with E-state index < -0.39 is 0 Å². The van der Waals surface area contributed by atoms with Crippen molar-refractivity contribution in [2.75, 3.05) is 46.2 Å². The Morgan fingerprint density at radius 3 is 1.79 bits per heavy atom. The molecule has 1 fully saturated rings. The molecule has 1 heterocycles. The SMILES string of the molecule is C=C(C)C(=O)OCCCCCCOc1ccc(OCCCCCCOCC2(CC)COC2)cc1. The number of ether oxygens (including phenoxy) is 5. The molecule has 0 radical (unpaired) electrons. The van der Waals surface area contributed by atoms with Gasteiger partial charge in [0.1, 0.15) is 11.5 Å². The molecule has 1 saturated heterocycles. The van der Waals surface area contributed by atoms with Crippen molar-refractivity contribution in [3.63, 3.8) is 0 Å². The predicted octanol–water partition coefficient (Wildman–Crippen LogP) is 6.13. The molecule has 0 spiro atoms. The highest BCUT2D eigenvalue weighted by Crippen LogP contribution is 2.31. The third-order valence-corrected chi connectivity index (χ3v) is 6.14. The Labute approximate surface area is 205 Å². The van der Waals surface area contributed by atoms with E-state index in [1.54, 1.807) is 6.92 Å². The van der Waals surface area contributed by atoms with E-state index in [2.05, 4.69) is 13.5 Å². The van der Waals surface area contributed by atoms with Crippen LogP contribution in [0.5, 0.6) is 11.5 Å². The number of carbonyl (C=O) groups is 1. The number of rotatable bonds is 20. The third kappa shape index (κ3) is 11.4. The van der Waals surface area contributed by atoms with E-state index in [-0.39, 0.29) is 5.97 Å². The minimum absolute atomic E-state index is 0.290. The van der Waals surface area contributed by atoms with Crippen LogP contribution in [0.4, 0.5) is 0 Å². The first-order chi connectivity index (χ1) is 16.5. The first kappa shape index (κ1) is 28.2. The summed E-state index contributed by atoms with van der Waals surface area (Å²) in [5, 5.41) is 0. The van der Waals surface area contributed by atoms with Gasteiger partial charge in [0.15, 0.2) is 0 Å². The van der Waals surface area contributed by atoms with Crippen molar-refractivity contribution in [2.24, 2.45) is 5.41 Å². The van der Waals surface area contributed by atoms with E-state index in [1.165, 1.54) is 6.42 Å². The van der Waals surface area contributed by atoms with Gasteiger partial charge in [0.2, 0.25) is 0 Å². The zero-order valence-electron chi connectivity index (χ0n) is 21.3. The maximum absolute atomic E-state index is 11.3. The highest BCUT2D eigenvalue weighted by Gasteiger charge is 2.36. The summed E-state index contributed by atoms with van der Waals surface area (Å²) in [6.07, 6.45) is 9.53. The second kappa shape index (κ2) is 16.6. The monoisotopic (exact) mass is 476 g/mol. The van der Waals surface area contributed by atoms with Crippen LogP contribution >= 0.6 is 0 Å². The van der Waals surface area contributed by atoms with E-state index in [0.717, 1.165) is 95.9 Å². The molecule has 0 atom stereocenters. The maximum Gasteiger partial charge on any atom is 0.333 e. The summed E-state index contributed by atoms with van der Waals surface area (Å²) in [5.74, 6) is 1.44. The third-order valence-electron chi connectivity index (χ3n) is 6.14. The molecule has 2 rings (SSSR count). The number of carbonyl (C=O) groups excluding carboxylic acids is 1. The molecule has 6 heteroatoms. The van der Waals surface area contributed by atoms with Crippen molar-refractivity contribution in [3.05, 3.63) is 36.4 Å². The average Bonchev–Trinajstić information content (AvgIpc) is 2.81. The zero-order chi connectivity index (χ0) is 24.5. The number of benzene rings is 1. The predicted molar refractivity (Wildman–Crippen MR) is 135 cm³/mol. The minimum atomic E-state index is -0.308. The van der Waals surface area contributed by atoms with Gasteiger partial charge in [-0.2, -0.15) is 0 Å². The fraction of sp³-hybridized carbons (Fsp3) is 0.679. The molecule has 34 heavy (non-hydrogen) atoms. The van der Waals surface area contributed by atoms with Gasteiger partial charge in [-0.05, 0) is 82.6 Å². The van der Waals surface area contributed by atoms with Crippen LogP contribution in [0.3, 0.4) is 0 Å². The van der Waals surface area contributed by atoms with Crippen molar-refractivity contribution >= 4 is 5.97 Å². The van der Waals surface area contributed by atoms with Crippen molar-refractivity contribution in [1.82, 2.24) is 0 Å². The topological polar surface area (TPSA) is 63.2 Å². The van der Waals surface area contributed by atoms with E-state index >= 15 is 0 Å². The minimum Gasteiger partial charge on any atom is -0.494 e. The molecule has 0 aliphatic carbocycles. The molecule has 1 aromatic rings. The molecular formula is C28H44O6. The van der Waals surface area contributed by atoms with Gasteiger partial charge in [-0.25, -0.2) is 4.79 Å². The van der Waals surface area contributed by atoms with Gasteiger partial charge < -0.3 is 23.7 Å². The first-order valence-corrected chi connectivity index (χ1v) is 12.9. The fourth-order valence-corrected chi connectivity index (χ4v) is 3.59. The van der Waals surface area contributed by atoms with Crippen LogP contribution in [0, 0.1) is 5.41 Å². The van der Waals surface area contributed by atoms with Crippen LogP contribution in [0.25, 0.3) is 0 Å². The Hall–Kier alpha value is -2.05. The molecule has 0 N–H and O–H groups in total. The van der Waals surface area contributed by atoms with Crippen LogP contribution in [0.1, 0.15) is 71.6 Å². The Bertz CT molecular complexity index is 690. The summed E-state index contributed by atoms with van der Waals surface area (Å²) in [5.41, 5.74) is 0.736. The molecule has 0 amide bonds. The molecule has 1 aromatic carbocycles. The van der Waals surface area contributed by atoms with E-state index in [9.17, 15) is 4.79 Å². The van der Waals surface area contributed by atoms with E-state index in [4.69, 9.17) is 23.7 Å². The molecule has 6 nitrogen and oxygen atoms in total. The number of hydrogen-bond donors (Lipinski definition) is 0. The molecule has 0 saturated carbocycles. The van der Waals surface area contributed by atoms with Crippen molar-refractivity contribution in [1.29, 1.82) is 0 Å². The van der Waals surface area contributed by atoms with Crippen LogP contribution in [0.15, 0.2) is 36.4 Å². The van der Waals surface area contributed by atoms with Crippen molar-refractivity contribution < 1.29 is 28.5 Å². The molecule has 0 bridgehead atoms. The summed E-state index contributed by atoms with van der Waals surface area (Å²) < 4.78 is 27.9. The van der Waals surface area contributed by atoms with Gasteiger partial charge >= 0.3 is 5.97 Å². The number of hydrogen-bond acceptors (Lipinski definition) is 6. The Morgan fingerprint density at radius 1 is 0.853 bits per heavy atom. The fourth-order valence-electron chi connectivity index (χ4n) is 3.59. The van der Waals surface area contributed by atoms with Gasteiger partial charge in [-0.15, -0.1) is 0 Å².